The standard InChI is InChI=1S/C14H20N2S2/c1-10(2)7-13-9-15-14(18-13)16-11-5-4-6-12(8-11)17-3/h4-6,8,10,13H,7,9H2,1-3H3,(H,15,16). The summed E-state index contributed by atoms with van der Waals surface area (Å²) in [7, 11) is 0. The number of hydrogen-bond acceptors (Lipinski definition) is 4. The van der Waals surface area contributed by atoms with Crippen molar-refractivity contribution >= 4 is 34.4 Å². The lowest BCUT2D eigenvalue weighted by atomic mass is 10.1. The minimum absolute atomic E-state index is 0.649. The van der Waals surface area contributed by atoms with E-state index >= 15 is 0 Å². The van der Waals surface area contributed by atoms with Gasteiger partial charge in [0.05, 0.1) is 6.54 Å². The monoisotopic (exact) mass is 280 g/mol. The van der Waals surface area contributed by atoms with Crippen LogP contribution in [0.5, 0.6) is 0 Å². The molecule has 1 heterocycles. The second kappa shape index (κ2) is 6.53. The van der Waals surface area contributed by atoms with Gasteiger partial charge in [-0.3, -0.25) is 4.99 Å². The van der Waals surface area contributed by atoms with Crippen LogP contribution in [-0.2, 0) is 0 Å². The van der Waals surface area contributed by atoms with Crippen molar-refractivity contribution in [3.8, 4) is 0 Å². The Kier molecular flexibility index (Phi) is 5.01. The van der Waals surface area contributed by atoms with Crippen molar-refractivity contribution in [2.45, 2.75) is 30.4 Å². The first-order valence-electron chi connectivity index (χ1n) is 6.29. The van der Waals surface area contributed by atoms with Crippen molar-refractivity contribution in [2.75, 3.05) is 18.1 Å². The van der Waals surface area contributed by atoms with Crippen molar-refractivity contribution in [2.24, 2.45) is 10.9 Å². The number of hydrogen-bond donors (Lipinski definition) is 1. The summed E-state index contributed by atoms with van der Waals surface area (Å²) in [5.74, 6) is 0.747. The van der Waals surface area contributed by atoms with E-state index in [-0.39, 0.29) is 0 Å². The molecule has 1 aliphatic rings. The molecule has 0 aromatic heterocycles. The van der Waals surface area contributed by atoms with Gasteiger partial charge in [0.1, 0.15) is 0 Å². The molecule has 1 aromatic rings. The van der Waals surface area contributed by atoms with Crippen LogP contribution in [-0.4, -0.2) is 23.2 Å². The quantitative estimate of drug-likeness (QED) is 0.830. The number of nitrogens with one attached hydrogen (secondary N) is 1. The SMILES string of the molecule is CSc1cccc(NC2=NCC(CC(C)C)S2)c1. The highest BCUT2D eigenvalue weighted by Gasteiger charge is 2.20. The van der Waals surface area contributed by atoms with Gasteiger partial charge in [-0.05, 0) is 36.8 Å². The Morgan fingerprint density at radius 1 is 1.50 bits per heavy atom. The number of anilines is 1. The minimum atomic E-state index is 0.649. The van der Waals surface area contributed by atoms with Crippen LogP contribution in [0.3, 0.4) is 0 Å². The van der Waals surface area contributed by atoms with E-state index in [1.54, 1.807) is 11.8 Å². The molecular weight excluding hydrogens is 260 g/mol. The molecule has 1 aromatic carbocycles. The molecule has 1 N–H and O–H groups in total. The Hall–Kier alpha value is -0.610. The summed E-state index contributed by atoms with van der Waals surface area (Å²) in [6.07, 6.45) is 3.34. The van der Waals surface area contributed by atoms with Gasteiger partial charge in [-0.25, -0.2) is 0 Å². The highest BCUT2D eigenvalue weighted by molar-refractivity contribution is 8.15. The molecule has 0 aliphatic carbocycles. The van der Waals surface area contributed by atoms with E-state index in [2.05, 4.69) is 54.7 Å². The van der Waals surface area contributed by atoms with E-state index in [1.165, 1.54) is 11.3 Å². The fourth-order valence-corrected chi connectivity index (χ4v) is 3.69. The molecule has 0 saturated carbocycles. The van der Waals surface area contributed by atoms with Gasteiger partial charge in [-0.15, -0.1) is 11.8 Å². The fourth-order valence-electron chi connectivity index (χ4n) is 1.96. The molecule has 98 valence electrons. The summed E-state index contributed by atoms with van der Waals surface area (Å²) in [6.45, 7) is 5.50. The van der Waals surface area contributed by atoms with Crippen LogP contribution in [0.15, 0.2) is 34.2 Å². The van der Waals surface area contributed by atoms with Gasteiger partial charge < -0.3 is 5.32 Å². The molecule has 18 heavy (non-hydrogen) atoms. The predicted octanol–water partition coefficient (Wildman–Crippen LogP) is 4.34. The zero-order valence-electron chi connectivity index (χ0n) is 11.1. The van der Waals surface area contributed by atoms with Gasteiger partial charge >= 0.3 is 0 Å². The second-order valence-corrected chi connectivity index (χ2v) is 7.04. The number of thioether (sulfide) groups is 2. The van der Waals surface area contributed by atoms with E-state index in [1.807, 2.05) is 11.8 Å². The molecule has 0 saturated heterocycles. The highest BCUT2D eigenvalue weighted by Crippen LogP contribution is 2.28. The Balaban J connectivity index is 1.91. The van der Waals surface area contributed by atoms with E-state index in [0.29, 0.717) is 5.25 Å². The lowest BCUT2D eigenvalue weighted by Gasteiger charge is -2.11. The molecule has 0 radical (unpaired) electrons. The summed E-state index contributed by atoms with van der Waals surface area (Å²) >= 11 is 3.64. The van der Waals surface area contributed by atoms with E-state index in [4.69, 9.17) is 0 Å². The maximum Gasteiger partial charge on any atom is 0.161 e. The molecule has 0 fully saturated rings. The highest BCUT2D eigenvalue weighted by atomic mass is 32.2. The fraction of sp³-hybridized carbons (Fsp3) is 0.500. The largest absolute Gasteiger partial charge is 0.335 e. The second-order valence-electron chi connectivity index (χ2n) is 4.87. The zero-order valence-corrected chi connectivity index (χ0v) is 12.8. The van der Waals surface area contributed by atoms with Crippen LogP contribution < -0.4 is 5.32 Å². The van der Waals surface area contributed by atoms with Crippen LogP contribution >= 0.6 is 23.5 Å². The first-order valence-corrected chi connectivity index (χ1v) is 8.40. The van der Waals surface area contributed by atoms with Crippen LogP contribution in [0.25, 0.3) is 0 Å². The van der Waals surface area contributed by atoms with Crippen molar-refractivity contribution in [1.82, 2.24) is 0 Å². The van der Waals surface area contributed by atoms with Crippen LogP contribution in [0, 0.1) is 5.92 Å². The summed E-state index contributed by atoms with van der Waals surface area (Å²) in [4.78, 5) is 5.86. The number of benzene rings is 1. The summed E-state index contributed by atoms with van der Waals surface area (Å²) in [5.41, 5.74) is 1.14. The minimum Gasteiger partial charge on any atom is -0.335 e. The van der Waals surface area contributed by atoms with Crippen molar-refractivity contribution < 1.29 is 0 Å². The summed E-state index contributed by atoms with van der Waals surface area (Å²) in [5, 5.41) is 5.14. The van der Waals surface area contributed by atoms with Gasteiger partial charge in [0, 0.05) is 15.8 Å². The van der Waals surface area contributed by atoms with Crippen molar-refractivity contribution in [3.63, 3.8) is 0 Å². The van der Waals surface area contributed by atoms with Crippen LogP contribution in [0.2, 0.25) is 0 Å². The van der Waals surface area contributed by atoms with Gasteiger partial charge in [-0.1, -0.05) is 31.7 Å². The third-order valence-corrected chi connectivity index (χ3v) is 4.63. The Morgan fingerprint density at radius 2 is 2.33 bits per heavy atom. The summed E-state index contributed by atoms with van der Waals surface area (Å²) < 4.78 is 0. The molecule has 1 aliphatic heterocycles. The average molecular weight is 280 g/mol. The van der Waals surface area contributed by atoms with Gasteiger partial charge in [0.15, 0.2) is 5.17 Å². The molecule has 1 atom stereocenters. The molecule has 4 heteroatoms. The first kappa shape index (κ1) is 13.8. The van der Waals surface area contributed by atoms with Crippen LogP contribution in [0.1, 0.15) is 20.3 Å². The Morgan fingerprint density at radius 3 is 3.06 bits per heavy atom. The number of nitrogens with zero attached hydrogens (tertiary/aromatic N) is 1. The van der Waals surface area contributed by atoms with Crippen LogP contribution in [0.4, 0.5) is 5.69 Å². The van der Waals surface area contributed by atoms with E-state index < -0.39 is 0 Å². The number of amidine groups is 1. The number of rotatable bonds is 4. The number of aliphatic imine (C=N–C) groups is 1. The van der Waals surface area contributed by atoms with Crippen molar-refractivity contribution in [1.29, 1.82) is 0 Å². The first-order chi connectivity index (χ1) is 8.67. The average Bonchev–Trinajstić information content (AvgIpc) is 2.76. The summed E-state index contributed by atoms with van der Waals surface area (Å²) in [6, 6.07) is 8.48. The van der Waals surface area contributed by atoms with Gasteiger partial charge in [0.2, 0.25) is 0 Å². The van der Waals surface area contributed by atoms with Gasteiger partial charge in [0.25, 0.3) is 0 Å². The zero-order chi connectivity index (χ0) is 13.0. The predicted molar refractivity (Wildman–Crippen MR) is 85.0 cm³/mol. The molecular formula is C14H20N2S2. The lowest BCUT2D eigenvalue weighted by molar-refractivity contribution is 0.575. The lowest BCUT2D eigenvalue weighted by Crippen LogP contribution is -2.09. The van der Waals surface area contributed by atoms with Gasteiger partial charge in [-0.2, -0.15) is 0 Å². The van der Waals surface area contributed by atoms with E-state index in [9.17, 15) is 0 Å². The Bertz CT molecular complexity index is 430. The molecule has 0 bridgehead atoms. The molecule has 0 amide bonds. The topological polar surface area (TPSA) is 24.4 Å². The molecule has 2 rings (SSSR count). The molecule has 0 spiro atoms. The molecule has 1 unspecified atom stereocenters. The normalized spacial score (nSPS) is 19.1. The molecule has 2 nitrogen and oxygen atoms in total. The third-order valence-electron chi connectivity index (χ3n) is 2.77. The van der Waals surface area contributed by atoms with Crippen molar-refractivity contribution in [3.05, 3.63) is 24.3 Å². The third kappa shape index (κ3) is 3.95. The smallest absolute Gasteiger partial charge is 0.161 e. The maximum atomic E-state index is 4.58. The Labute approximate surface area is 118 Å². The maximum absolute atomic E-state index is 4.58. The van der Waals surface area contributed by atoms with E-state index in [0.717, 1.165) is 23.3 Å².